The summed E-state index contributed by atoms with van der Waals surface area (Å²) in [4.78, 5) is 12.0. The van der Waals surface area contributed by atoms with Crippen LogP contribution in [-0.4, -0.2) is 48.0 Å². The highest BCUT2D eigenvalue weighted by molar-refractivity contribution is 8.03. The first-order chi connectivity index (χ1) is 13.4. The van der Waals surface area contributed by atoms with Gasteiger partial charge in [-0.25, -0.2) is 4.39 Å². The zero-order chi connectivity index (χ0) is 20.7. The first kappa shape index (κ1) is 22.9. The highest BCUT2D eigenvalue weighted by Crippen LogP contribution is 2.37. The number of fused-ring (bicyclic) bond motifs is 1. The predicted molar refractivity (Wildman–Crippen MR) is 123 cm³/mol. The molecule has 0 aliphatic carbocycles. The molecule has 0 saturated carbocycles. The smallest absolute Gasteiger partial charge is 0.117 e. The largest absolute Gasteiger partial charge is 0.332 e. The van der Waals surface area contributed by atoms with Gasteiger partial charge in [0.1, 0.15) is 12.0 Å². The van der Waals surface area contributed by atoms with Crippen LogP contribution in [0, 0.1) is 11.8 Å². The molecule has 0 spiro atoms. The average Bonchev–Trinajstić information content (AvgIpc) is 3.06. The van der Waals surface area contributed by atoms with Gasteiger partial charge in [0.2, 0.25) is 0 Å². The van der Waals surface area contributed by atoms with Gasteiger partial charge in [-0.1, -0.05) is 39.3 Å². The van der Waals surface area contributed by atoms with Crippen molar-refractivity contribution in [3.05, 3.63) is 34.9 Å². The normalized spacial score (nSPS) is 24.1. The molecular formula is C23H36FN3S. The Bertz CT molecular complexity index is 675. The molecule has 156 valence electrons. The van der Waals surface area contributed by atoms with Crippen molar-refractivity contribution in [1.82, 2.24) is 4.90 Å². The predicted octanol–water partition coefficient (Wildman–Crippen LogP) is 6.05. The van der Waals surface area contributed by atoms with E-state index in [-0.39, 0.29) is 0 Å². The number of hydrogen-bond donors (Lipinski definition) is 0. The van der Waals surface area contributed by atoms with Gasteiger partial charge in [0.15, 0.2) is 0 Å². The van der Waals surface area contributed by atoms with Crippen molar-refractivity contribution in [3.8, 4) is 0 Å². The van der Waals surface area contributed by atoms with Gasteiger partial charge in [0, 0.05) is 24.9 Å². The minimum atomic E-state index is -0.828. The molecule has 0 radical (unpaired) electrons. The summed E-state index contributed by atoms with van der Waals surface area (Å²) in [5.74, 6) is 2.38. The van der Waals surface area contributed by atoms with E-state index in [0.29, 0.717) is 30.1 Å². The van der Waals surface area contributed by atoms with E-state index in [1.165, 1.54) is 17.1 Å². The van der Waals surface area contributed by atoms with Crippen LogP contribution in [0.25, 0.3) is 0 Å². The maximum Gasteiger partial charge on any atom is 0.117 e. The maximum atomic E-state index is 13.2. The van der Waals surface area contributed by atoms with E-state index in [1.807, 2.05) is 31.0 Å². The molecule has 0 N–H and O–H groups in total. The second kappa shape index (κ2) is 11.0. The van der Waals surface area contributed by atoms with Gasteiger partial charge in [0.05, 0.1) is 17.5 Å². The van der Waals surface area contributed by atoms with Crippen LogP contribution in [0.3, 0.4) is 0 Å². The Hall–Kier alpha value is -1.36. The fourth-order valence-corrected chi connectivity index (χ4v) is 4.87. The molecule has 2 aliphatic heterocycles. The molecule has 0 aromatic carbocycles. The molecule has 0 aromatic heterocycles. The van der Waals surface area contributed by atoms with Crippen molar-refractivity contribution in [2.75, 3.05) is 20.1 Å². The number of nitrogens with zero attached hydrogens (tertiary/aromatic N) is 3. The number of halogens is 1. The van der Waals surface area contributed by atoms with E-state index >= 15 is 0 Å². The zero-order valence-corrected chi connectivity index (χ0v) is 19.1. The topological polar surface area (TPSA) is 28.0 Å². The molecule has 1 fully saturated rings. The zero-order valence-electron chi connectivity index (χ0n) is 18.3. The second-order valence-electron chi connectivity index (χ2n) is 7.96. The van der Waals surface area contributed by atoms with Gasteiger partial charge in [-0.2, -0.15) is 0 Å². The van der Waals surface area contributed by atoms with Crippen LogP contribution < -0.4 is 0 Å². The number of hydrogen-bond acceptors (Lipinski definition) is 4. The lowest BCUT2D eigenvalue weighted by Crippen LogP contribution is -2.41. The molecule has 4 unspecified atom stereocenters. The highest BCUT2D eigenvalue weighted by Gasteiger charge is 2.37. The number of rotatable bonds is 9. The third-order valence-electron chi connectivity index (χ3n) is 5.45. The quantitative estimate of drug-likeness (QED) is 0.437. The number of aliphatic imine (C=N–C) groups is 2. The number of allylic oxidation sites excluding steroid dienone is 4. The van der Waals surface area contributed by atoms with Crippen LogP contribution in [0.4, 0.5) is 4.39 Å². The Morgan fingerprint density at radius 2 is 2.18 bits per heavy atom. The molecule has 5 heteroatoms. The lowest BCUT2D eigenvalue weighted by molar-refractivity contribution is 0.365. The summed E-state index contributed by atoms with van der Waals surface area (Å²) >= 11 is 1.88. The minimum absolute atomic E-state index is 0.369. The third kappa shape index (κ3) is 5.59. The molecule has 0 amide bonds. The molecule has 2 heterocycles. The summed E-state index contributed by atoms with van der Waals surface area (Å²) in [6.45, 7) is 12.2. The van der Waals surface area contributed by atoms with Crippen LogP contribution in [0.1, 0.15) is 53.9 Å². The molecule has 28 heavy (non-hydrogen) atoms. The Kier molecular flexibility index (Phi) is 9.00. The first-order valence-corrected chi connectivity index (χ1v) is 11.4. The van der Waals surface area contributed by atoms with E-state index in [9.17, 15) is 4.39 Å². The monoisotopic (exact) mass is 405 g/mol. The minimum Gasteiger partial charge on any atom is -0.332 e. The van der Waals surface area contributed by atoms with Gasteiger partial charge >= 0.3 is 0 Å². The van der Waals surface area contributed by atoms with Gasteiger partial charge in [-0.3, -0.25) is 9.98 Å². The van der Waals surface area contributed by atoms with Gasteiger partial charge < -0.3 is 4.90 Å². The van der Waals surface area contributed by atoms with Crippen LogP contribution >= 0.6 is 11.8 Å². The highest BCUT2D eigenvalue weighted by atomic mass is 32.2. The van der Waals surface area contributed by atoms with E-state index in [0.717, 1.165) is 25.1 Å². The van der Waals surface area contributed by atoms with Crippen LogP contribution in [0.2, 0.25) is 0 Å². The third-order valence-corrected chi connectivity index (χ3v) is 6.85. The maximum absolute atomic E-state index is 13.2. The van der Waals surface area contributed by atoms with Gasteiger partial charge in [-0.15, -0.1) is 11.8 Å². The molecule has 1 saturated heterocycles. The van der Waals surface area contributed by atoms with Crippen molar-refractivity contribution in [3.63, 3.8) is 0 Å². The summed E-state index contributed by atoms with van der Waals surface area (Å²) in [6, 6.07) is 0. The standard InChI is InChI=1S/C23H36FN3S/c1-7-12-28-22(17(4)8-2)23-26-14-19(21-13-16(3)15-27(21)23)20(25-6)11-9-10-18(5)24/h7,9,11-12,16-18,22H,8,10,13-15H2,1-6H3/b11-9-,12-7-,25-20?. The molecule has 2 aliphatic rings. The van der Waals surface area contributed by atoms with Crippen molar-refractivity contribution in [1.29, 1.82) is 0 Å². The van der Waals surface area contributed by atoms with Crippen LogP contribution in [0.15, 0.2) is 44.9 Å². The summed E-state index contributed by atoms with van der Waals surface area (Å²) in [7, 11) is 1.82. The van der Waals surface area contributed by atoms with Gasteiger partial charge in [-0.05, 0) is 50.0 Å². The fraction of sp³-hybridized carbons (Fsp3) is 0.652. The average molecular weight is 406 g/mol. The Morgan fingerprint density at radius 3 is 2.79 bits per heavy atom. The Morgan fingerprint density at radius 1 is 1.43 bits per heavy atom. The number of alkyl halides is 1. The van der Waals surface area contributed by atoms with Crippen molar-refractivity contribution in [2.45, 2.75) is 65.3 Å². The SMILES string of the molecule is C/C=C\SC(C1=NCC(C(/C=C\CC(C)F)=NC)=C2CC(C)CN12)C(C)CC. The van der Waals surface area contributed by atoms with Crippen molar-refractivity contribution < 1.29 is 4.39 Å². The molecule has 0 aromatic rings. The molecule has 4 atom stereocenters. The summed E-state index contributed by atoms with van der Waals surface area (Å²) in [5, 5.41) is 2.56. The molecular weight excluding hydrogens is 369 g/mol. The number of amidine groups is 1. The number of thioether (sulfide) groups is 1. The van der Waals surface area contributed by atoms with Crippen molar-refractivity contribution >= 4 is 23.3 Å². The molecule has 3 nitrogen and oxygen atoms in total. The summed E-state index contributed by atoms with van der Waals surface area (Å²) in [6.07, 6.45) is 7.76. The lowest BCUT2D eigenvalue weighted by atomic mass is 9.99. The lowest BCUT2D eigenvalue weighted by Gasteiger charge is -2.35. The Balaban J connectivity index is 2.34. The first-order valence-electron chi connectivity index (χ1n) is 10.5. The summed E-state index contributed by atoms with van der Waals surface area (Å²) in [5.41, 5.74) is 3.52. The van der Waals surface area contributed by atoms with E-state index in [2.05, 4.69) is 49.1 Å². The van der Waals surface area contributed by atoms with E-state index < -0.39 is 6.17 Å². The van der Waals surface area contributed by atoms with Crippen LogP contribution in [-0.2, 0) is 0 Å². The molecule has 2 rings (SSSR count). The van der Waals surface area contributed by atoms with E-state index in [4.69, 9.17) is 4.99 Å². The van der Waals surface area contributed by atoms with E-state index in [1.54, 1.807) is 6.92 Å². The van der Waals surface area contributed by atoms with Crippen molar-refractivity contribution in [2.24, 2.45) is 21.8 Å². The van der Waals surface area contributed by atoms with Crippen LogP contribution in [0.5, 0.6) is 0 Å². The summed E-state index contributed by atoms with van der Waals surface area (Å²) < 4.78 is 13.2. The second-order valence-corrected chi connectivity index (χ2v) is 9.01. The Labute approximate surface area is 175 Å². The fourth-order valence-electron chi connectivity index (χ4n) is 3.76. The molecule has 0 bridgehead atoms. The van der Waals surface area contributed by atoms with Gasteiger partial charge in [0.25, 0.3) is 0 Å².